The lowest BCUT2D eigenvalue weighted by Gasteiger charge is -2.08. The number of aliphatic hydroxyl groups is 1. The molecule has 2 rings (SSSR count). The fourth-order valence-corrected chi connectivity index (χ4v) is 1.60. The van der Waals surface area contributed by atoms with Gasteiger partial charge >= 0.3 is 0 Å². The summed E-state index contributed by atoms with van der Waals surface area (Å²) in [5.74, 6) is 0.111. The molecule has 0 unspecified atom stereocenters. The minimum Gasteiger partial charge on any atom is -0.391 e. The van der Waals surface area contributed by atoms with E-state index < -0.39 is 0 Å². The normalized spacial score (nSPS) is 28.2. The molecule has 1 aliphatic heterocycles. The maximum Gasteiger partial charge on any atom is 0.0897 e. The number of hydrogen-bond donors (Lipinski definition) is 2. The monoisotopic (exact) mass is 182 g/mol. The number of β-amino-alcohol motifs (C(OH)–C–C–N with tert-alkyl or cyclic N) is 1. The van der Waals surface area contributed by atoms with Crippen molar-refractivity contribution in [2.45, 2.75) is 25.5 Å². The molecule has 0 amide bonds. The fourth-order valence-electron chi connectivity index (χ4n) is 1.60. The maximum atomic E-state index is 9.58. The molecule has 1 fully saturated rings. The van der Waals surface area contributed by atoms with E-state index in [9.17, 15) is 5.11 Å². The highest BCUT2D eigenvalue weighted by Crippen LogP contribution is 2.19. The number of nitrogens with zero attached hydrogens (tertiary/aromatic N) is 3. The molecule has 5 nitrogen and oxygen atoms in total. The quantitative estimate of drug-likeness (QED) is 0.637. The number of nitrogens with one attached hydrogen (secondary N) is 1. The minimum absolute atomic E-state index is 0.111. The summed E-state index contributed by atoms with van der Waals surface area (Å²) in [5, 5.41) is 20.7. The molecule has 2 atom stereocenters. The summed E-state index contributed by atoms with van der Waals surface area (Å²) in [6.45, 7) is 4.29. The zero-order valence-corrected chi connectivity index (χ0v) is 7.64. The van der Waals surface area contributed by atoms with Crippen LogP contribution in [0.1, 0.15) is 18.5 Å². The first kappa shape index (κ1) is 8.65. The van der Waals surface area contributed by atoms with E-state index in [1.807, 2.05) is 13.1 Å². The lowest BCUT2D eigenvalue weighted by Crippen LogP contribution is -2.16. The van der Waals surface area contributed by atoms with Crippen LogP contribution in [0.25, 0.3) is 0 Å². The molecule has 0 aliphatic carbocycles. The van der Waals surface area contributed by atoms with Crippen molar-refractivity contribution < 1.29 is 5.11 Å². The van der Waals surface area contributed by atoms with Gasteiger partial charge < -0.3 is 10.4 Å². The first-order valence-electron chi connectivity index (χ1n) is 4.60. The van der Waals surface area contributed by atoms with Crippen molar-refractivity contribution in [3.8, 4) is 0 Å². The van der Waals surface area contributed by atoms with E-state index in [1.165, 1.54) is 0 Å². The molecule has 1 aromatic heterocycles. The molecule has 5 heteroatoms. The van der Waals surface area contributed by atoms with Gasteiger partial charge in [0.25, 0.3) is 0 Å². The topological polar surface area (TPSA) is 63.0 Å². The van der Waals surface area contributed by atoms with Crippen molar-refractivity contribution in [3.05, 3.63) is 11.9 Å². The first-order valence-corrected chi connectivity index (χ1v) is 4.60. The molecule has 0 spiro atoms. The van der Waals surface area contributed by atoms with Gasteiger partial charge in [-0.3, -0.25) is 4.68 Å². The molecule has 72 valence electrons. The Morgan fingerprint density at radius 1 is 1.69 bits per heavy atom. The van der Waals surface area contributed by atoms with E-state index in [1.54, 1.807) is 4.68 Å². The van der Waals surface area contributed by atoms with Crippen molar-refractivity contribution in [2.24, 2.45) is 0 Å². The fraction of sp³-hybridized carbons (Fsp3) is 0.750. The van der Waals surface area contributed by atoms with Gasteiger partial charge in [-0.25, -0.2) is 0 Å². The van der Waals surface area contributed by atoms with E-state index in [0.717, 1.165) is 18.8 Å². The largest absolute Gasteiger partial charge is 0.391 e. The third-order valence-corrected chi connectivity index (χ3v) is 2.44. The number of aliphatic hydroxyl groups excluding tert-OH is 1. The third-order valence-electron chi connectivity index (χ3n) is 2.44. The third kappa shape index (κ3) is 1.57. The van der Waals surface area contributed by atoms with E-state index in [4.69, 9.17) is 0 Å². The first-order chi connectivity index (χ1) is 6.31. The van der Waals surface area contributed by atoms with Gasteiger partial charge in [0.15, 0.2) is 0 Å². The van der Waals surface area contributed by atoms with Crippen LogP contribution in [0.5, 0.6) is 0 Å². The van der Waals surface area contributed by atoms with Gasteiger partial charge in [0.1, 0.15) is 0 Å². The second-order valence-corrected chi connectivity index (χ2v) is 3.33. The highest BCUT2D eigenvalue weighted by atomic mass is 16.3. The summed E-state index contributed by atoms with van der Waals surface area (Å²) in [7, 11) is 0. The number of aryl methyl sites for hydroxylation is 1. The van der Waals surface area contributed by atoms with Crippen LogP contribution >= 0.6 is 0 Å². The Kier molecular flexibility index (Phi) is 2.28. The second kappa shape index (κ2) is 3.43. The Hall–Kier alpha value is -0.940. The Balaban J connectivity index is 2.15. The molecule has 0 radical (unpaired) electrons. The van der Waals surface area contributed by atoms with Crippen molar-refractivity contribution in [1.82, 2.24) is 20.3 Å². The molecule has 1 aliphatic rings. The van der Waals surface area contributed by atoms with Gasteiger partial charge in [-0.1, -0.05) is 5.21 Å². The summed E-state index contributed by atoms with van der Waals surface area (Å²) >= 11 is 0. The van der Waals surface area contributed by atoms with Gasteiger partial charge in [0.05, 0.1) is 11.8 Å². The Morgan fingerprint density at radius 3 is 3.08 bits per heavy atom. The molecule has 2 N–H and O–H groups in total. The zero-order chi connectivity index (χ0) is 9.26. The highest BCUT2D eigenvalue weighted by molar-refractivity contribution is 5.08. The van der Waals surface area contributed by atoms with E-state index in [2.05, 4.69) is 15.6 Å². The second-order valence-electron chi connectivity index (χ2n) is 3.33. The molecule has 0 aromatic carbocycles. The van der Waals surface area contributed by atoms with Gasteiger partial charge in [-0.2, -0.15) is 0 Å². The average molecular weight is 182 g/mol. The molecule has 1 aromatic rings. The maximum absolute atomic E-state index is 9.58. The molecular weight excluding hydrogens is 168 g/mol. The van der Waals surface area contributed by atoms with Gasteiger partial charge in [-0.15, -0.1) is 5.10 Å². The minimum atomic E-state index is -0.318. The Labute approximate surface area is 76.8 Å². The Morgan fingerprint density at radius 2 is 2.54 bits per heavy atom. The highest BCUT2D eigenvalue weighted by Gasteiger charge is 2.28. The summed E-state index contributed by atoms with van der Waals surface area (Å²) in [5.41, 5.74) is 0.888. The van der Waals surface area contributed by atoms with Crippen LogP contribution in [0, 0.1) is 0 Å². The summed E-state index contributed by atoms with van der Waals surface area (Å²) in [6.07, 6.45) is 1.59. The zero-order valence-electron chi connectivity index (χ0n) is 7.64. The summed E-state index contributed by atoms with van der Waals surface area (Å²) in [4.78, 5) is 0. The van der Waals surface area contributed by atoms with Crippen molar-refractivity contribution in [2.75, 3.05) is 13.1 Å². The van der Waals surface area contributed by atoms with Crippen LogP contribution in [0.3, 0.4) is 0 Å². The Bertz CT molecular complexity index is 285. The van der Waals surface area contributed by atoms with Crippen LogP contribution in [-0.4, -0.2) is 39.3 Å². The standard InChI is InChI=1S/C8H14N4O/c1-2-12-5-7(10-11-12)6-3-9-4-8(6)13/h5-6,8-9,13H,2-4H2,1H3/t6-,8+/m0/s1. The molecule has 13 heavy (non-hydrogen) atoms. The average Bonchev–Trinajstić information content (AvgIpc) is 2.71. The molecule has 1 saturated heterocycles. The van der Waals surface area contributed by atoms with Crippen molar-refractivity contribution >= 4 is 0 Å². The van der Waals surface area contributed by atoms with Crippen molar-refractivity contribution in [1.29, 1.82) is 0 Å². The molecular formula is C8H14N4O. The smallest absolute Gasteiger partial charge is 0.0897 e. The van der Waals surface area contributed by atoms with E-state index in [0.29, 0.717) is 6.54 Å². The number of rotatable bonds is 2. The van der Waals surface area contributed by atoms with Crippen LogP contribution < -0.4 is 5.32 Å². The summed E-state index contributed by atoms with van der Waals surface area (Å²) in [6, 6.07) is 0. The van der Waals surface area contributed by atoms with Gasteiger partial charge in [0.2, 0.25) is 0 Å². The van der Waals surface area contributed by atoms with Crippen LogP contribution in [0.2, 0.25) is 0 Å². The van der Waals surface area contributed by atoms with Crippen molar-refractivity contribution in [3.63, 3.8) is 0 Å². The van der Waals surface area contributed by atoms with Crippen LogP contribution in [0.4, 0.5) is 0 Å². The number of aromatic nitrogens is 3. The van der Waals surface area contributed by atoms with E-state index in [-0.39, 0.29) is 12.0 Å². The predicted molar refractivity (Wildman–Crippen MR) is 47.3 cm³/mol. The molecule has 0 saturated carbocycles. The molecule has 0 bridgehead atoms. The lowest BCUT2D eigenvalue weighted by molar-refractivity contribution is 0.176. The summed E-state index contributed by atoms with van der Waals surface area (Å²) < 4.78 is 1.78. The predicted octanol–water partition coefficient (Wildman–Crippen LogP) is -0.654. The van der Waals surface area contributed by atoms with E-state index >= 15 is 0 Å². The lowest BCUT2D eigenvalue weighted by atomic mass is 10.0. The van der Waals surface area contributed by atoms with Gasteiger partial charge in [0, 0.05) is 31.7 Å². The number of hydrogen-bond acceptors (Lipinski definition) is 4. The SMILES string of the molecule is CCn1cc([C@@H]2CNC[C@H]2O)nn1. The van der Waals surface area contributed by atoms with Crippen LogP contribution in [-0.2, 0) is 6.54 Å². The van der Waals surface area contributed by atoms with Crippen LogP contribution in [0.15, 0.2) is 6.20 Å². The van der Waals surface area contributed by atoms with Gasteiger partial charge in [-0.05, 0) is 6.92 Å². The molecule has 2 heterocycles.